The molecular weight excluding hydrogens is 424 g/mol. The topological polar surface area (TPSA) is 79.7 Å². The maximum Gasteiger partial charge on any atom is 0.252 e. The van der Waals surface area contributed by atoms with Crippen molar-refractivity contribution >= 4 is 10.9 Å². The first kappa shape index (κ1) is 22.5. The van der Waals surface area contributed by atoms with E-state index < -0.39 is 0 Å². The standard InChI is InChI=1S/C27H32N6O/c1-20-12-13-25-22(16-20)17-23(27(34)28-25)18-32(15-14-21-8-4-2-5-9-21)19-26-29-30-31-33(26)24-10-6-3-7-11-24/h2,4-5,8-9,12-13,16-17,24H,3,6-7,10-11,14-15,18-19H2,1H3,(H,28,34). The minimum atomic E-state index is -0.0343. The number of aromatic nitrogens is 5. The highest BCUT2D eigenvalue weighted by Gasteiger charge is 2.22. The molecule has 1 saturated carbocycles. The predicted molar refractivity (Wildman–Crippen MR) is 134 cm³/mol. The van der Waals surface area contributed by atoms with Crippen LogP contribution in [0.25, 0.3) is 10.9 Å². The van der Waals surface area contributed by atoms with Crippen molar-refractivity contribution in [1.82, 2.24) is 30.1 Å². The van der Waals surface area contributed by atoms with Crippen molar-refractivity contribution in [2.75, 3.05) is 6.54 Å². The van der Waals surface area contributed by atoms with Crippen molar-refractivity contribution in [3.05, 3.63) is 87.5 Å². The maximum absolute atomic E-state index is 12.9. The molecule has 0 aliphatic heterocycles. The van der Waals surface area contributed by atoms with Gasteiger partial charge in [0.25, 0.3) is 5.56 Å². The van der Waals surface area contributed by atoms with Gasteiger partial charge in [0.15, 0.2) is 5.82 Å². The molecule has 0 bridgehead atoms. The minimum absolute atomic E-state index is 0.0343. The number of aromatic amines is 1. The third-order valence-corrected chi connectivity index (χ3v) is 6.88. The van der Waals surface area contributed by atoms with Gasteiger partial charge >= 0.3 is 0 Å². The van der Waals surface area contributed by atoms with Gasteiger partial charge in [-0.05, 0) is 65.8 Å². The normalized spacial score (nSPS) is 14.8. The lowest BCUT2D eigenvalue weighted by Crippen LogP contribution is -2.30. The fourth-order valence-electron chi connectivity index (χ4n) is 5.00. The summed E-state index contributed by atoms with van der Waals surface area (Å²) in [5, 5.41) is 13.8. The number of hydrogen-bond donors (Lipinski definition) is 1. The Morgan fingerprint density at radius 1 is 1.03 bits per heavy atom. The number of nitrogens with zero attached hydrogens (tertiary/aromatic N) is 5. The summed E-state index contributed by atoms with van der Waals surface area (Å²) in [5.41, 5.74) is 4.06. The molecule has 176 valence electrons. The summed E-state index contributed by atoms with van der Waals surface area (Å²) < 4.78 is 2.03. The van der Waals surface area contributed by atoms with Gasteiger partial charge < -0.3 is 4.98 Å². The highest BCUT2D eigenvalue weighted by atomic mass is 16.1. The van der Waals surface area contributed by atoms with Gasteiger partial charge in [-0.1, -0.05) is 61.2 Å². The van der Waals surface area contributed by atoms with Crippen LogP contribution >= 0.6 is 0 Å². The van der Waals surface area contributed by atoms with Crippen LogP contribution in [0.5, 0.6) is 0 Å². The number of hydrogen-bond acceptors (Lipinski definition) is 5. The molecule has 2 aromatic carbocycles. The second kappa shape index (κ2) is 10.3. The number of H-pyrrole nitrogens is 1. The van der Waals surface area contributed by atoms with E-state index in [2.05, 4.69) is 62.7 Å². The van der Waals surface area contributed by atoms with Crippen LogP contribution in [0.4, 0.5) is 0 Å². The number of pyridine rings is 1. The Morgan fingerprint density at radius 3 is 2.68 bits per heavy atom. The Bertz CT molecular complexity index is 1290. The molecule has 0 radical (unpaired) electrons. The van der Waals surface area contributed by atoms with Crippen molar-refractivity contribution in [3.63, 3.8) is 0 Å². The van der Waals surface area contributed by atoms with E-state index in [4.69, 9.17) is 0 Å². The monoisotopic (exact) mass is 456 g/mol. The van der Waals surface area contributed by atoms with E-state index in [9.17, 15) is 4.79 Å². The van der Waals surface area contributed by atoms with Gasteiger partial charge in [-0.2, -0.15) is 0 Å². The molecule has 1 N–H and O–H groups in total. The molecule has 2 heterocycles. The van der Waals surface area contributed by atoms with Gasteiger partial charge in [0.1, 0.15) is 0 Å². The van der Waals surface area contributed by atoms with E-state index in [0.29, 0.717) is 19.1 Å². The summed E-state index contributed by atoms with van der Waals surface area (Å²) in [4.78, 5) is 18.3. The van der Waals surface area contributed by atoms with Crippen LogP contribution < -0.4 is 5.56 Å². The summed E-state index contributed by atoms with van der Waals surface area (Å²) in [7, 11) is 0. The summed E-state index contributed by atoms with van der Waals surface area (Å²) in [6.07, 6.45) is 6.91. The molecule has 0 amide bonds. The van der Waals surface area contributed by atoms with Crippen LogP contribution in [0, 0.1) is 6.92 Å². The van der Waals surface area contributed by atoms with E-state index in [-0.39, 0.29) is 5.56 Å². The maximum atomic E-state index is 12.9. The average Bonchev–Trinajstić information content (AvgIpc) is 3.32. The van der Waals surface area contributed by atoms with Gasteiger partial charge in [-0.25, -0.2) is 4.68 Å². The van der Waals surface area contributed by atoms with E-state index in [1.807, 2.05) is 28.9 Å². The Kier molecular flexibility index (Phi) is 6.81. The Balaban J connectivity index is 1.41. The molecular formula is C27H32N6O. The number of tetrazole rings is 1. The van der Waals surface area contributed by atoms with Crippen LogP contribution in [-0.2, 0) is 19.5 Å². The lowest BCUT2D eigenvalue weighted by Gasteiger charge is -2.25. The molecule has 34 heavy (non-hydrogen) atoms. The van der Waals surface area contributed by atoms with E-state index in [1.54, 1.807) is 0 Å². The molecule has 0 unspecified atom stereocenters. The van der Waals surface area contributed by atoms with Crippen LogP contribution in [0.1, 0.15) is 60.7 Å². The van der Waals surface area contributed by atoms with Gasteiger partial charge in [-0.3, -0.25) is 9.69 Å². The van der Waals surface area contributed by atoms with Gasteiger partial charge in [0.2, 0.25) is 0 Å². The lowest BCUT2D eigenvalue weighted by molar-refractivity contribution is 0.235. The third-order valence-electron chi connectivity index (χ3n) is 6.88. The number of rotatable bonds is 8. The fourth-order valence-corrected chi connectivity index (χ4v) is 5.00. The largest absolute Gasteiger partial charge is 0.322 e. The Labute approximate surface area is 199 Å². The predicted octanol–water partition coefficient (Wildman–Crippen LogP) is 4.57. The minimum Gasteiger partial charge on any atom is -0.322 e. The smallest absolute Gasteiger partial charge is 0.252 e. The van der Waals surface area contributed by atoms with Gasteiger partial charge in [0, 0.05) is 24.2 Å². The molecule has 1 aliphatic carbocycles. The van der Waals surface area contributed by atoms with Crippen LogP contribution in [-0.4, -0.2) is 36.6 Å². The number of aryl methyl sites for hydroxylation is 1. The zero-order valence-corrected chi connectivity index (χ0v) is 19.8. The molecule has 4 aromatic rings. The van der Waals surface area contributed by atoms with Crippen molar-refractivity contribution in [2.24, 2.45) is 0 Å². The Morgan fingerprint density at radius 2 is 1.85 bits per heavy atom. The van der Waals surface area contributed by atoms with Gasteiger partial charge in [0.05, 0.1) is 12.6 Å². The second-order valence-electron chi connectivity index (χ2n) is 9.49. The zero-order valence-electron chi connectivity index (χ0n) is 19.8. The molecule has 0 saturated heterocycles. The highest BCUT2D eigenvalue weighted by molar-refractivity contribution is 5.79. The third kappa shape index (κ3) is 5.25. The fraction of sp³-hybridized carbons (Fsp3) is 0.407. The van der Waals surface area contributed by atoms with Crippen molar-refractivity contribution in [1.29, 1.82) is 0 Å². The van der Waals surface area contributed by atoms with E-state index in [1.165, 1.54) is 30.4 Å². The summed E-state index contributed by atoms with van der Waals surface area (Å²) >= 11 is 0. The Hall–Kier alpha value is -3.32. The second-order valence-corrected chi connectivity index (χ2v) is 9.49. The quantitative estimate of drug-likeness (QED) is 0.420. The SMILES string of the molecule is Cc1ccc2[nH]c(=O)c(CN(CCc3ccccc3)Cc3nnnn3C3CCCCC3)cc2c1. The molecule has 0 spiro atoms. The van der Waals surface area contributed by atoms with Crippen LogP contribution in [0.3, 0.4) is 0 Å². The van der Waals surface area contributed by atoms with Crippen molar-refractivity contribution < 1.29 is 0 Å². The van der Waals surface area contributed by atoms with Gasteiger partial charge in [-0.15, -0.1) is 5.10 Å². The summed E-state index contributed by atoms with van der Waals surface area (Å²) in [5.74, 6) is 0.882. The number of nitrogens with one attached hydrogen (secondary N) is 1. The molecule has 1 fully saturated rings. The lowest BCUT2D eigenvalue weighted by atomic mass is 9.95. The van der Waals surface area contributed by atoms with E-state index >= 15 is 0 Å². The number of benzene rings is 2. The molecule has 7 nitrogen and oxygen atoms in total. The first-order valence-electron chi connectivity index (χ1n) is 12.3. The van der Waals surface area contributed by atoms with Crippen molar-refractivity contribution in [3.8, 4) is 0 Å². The van der Waals surface area contributed by atoms with Crippen LogP contribution in [0.2, 0.25) is 0 Å². The molecule has 1 aliphatic rings. The first-order chi connectivity index (χ1) is 16.7. The highest BCUT2D eigenvalue weighted by Crippen LogP contribution is 2.28. The first-order valence-corrected chi connectivity index (χ1v) is 12.3. The number of fused-ring (bicyclic) bond motifs is 1. The summed E-state index contributed by atoms with van der Waals surface area (Å²) in [6, 6.07) is 19.0. The molecule has 0 atom stereocenters. The molecule has 2 aromatic heterocycles. The van der Waals surface area contributed by atoms with E-state index in [0.717, 1.165) is 48.1 Å². The molecule has 5 rings (SSSR count). The molecule has 7 heteroatoms. The summed E-state index contributed by atoms with van der Waals surface area (Å²) in [6.45, 7) is 4.04. The zero-order chi connectivity index (χ0) is 23.3. The average molecular weight is 457 g/mol. The van der Waals surface area contributed by atoms with Crippen molar-refractivity contribution in [2.45, 2.75) is 64.6 Å². The van der Waals surface area contributed by atoms with Crippen LogP contribution in [0.15, 0.2) is 59.4 Å².